The fourth-order valence-corrected chi connectivity index (χ4v) is 3.69. The Morgan fingerprint density at radius 1 is 1.20 bits per heavy atom. The van der Waals surface area contributed by atoms with Crippen LogP contribution in [0.25, 0.3) is 11.1 Å². The Morgan fingerprint density at radius 3 is 2.60 bits per heavy atom. The van der Waals surface area contributed by atoms with Crippen LogP contribution in [0, 0.1) is 0 Å². The van der Waals surface area contributed by atoms with E-state index in [0.717, 1.165) is 34.1 Å². The largest absolute Gasteiger partial charge is 0.367 e. The van der Waals surface area contributed by atoms with E-state index in [1.54, 1.807) is 0 Å². The Labute approximate surface area is 127 Å². The highest BCUT2D eigenvalue weighted by atomic mass is 79.9. The minimum atomic E-state index is 0.0734. The first-order valence-electron chi connectivity index (χ1n) is 7.12. The number of hydrogen-bond acceptors (Lipinski definition) is 3. The van der Waals surface area contributed by atoms with Gasteiger partial charge in [0, 0.05) is 15.5 Å². The van der Waals surface area contributed by atoms with E-state index in [0.29, 0.717) is 5.88 Å². The SMILES string of the molecule is CC1(c2noc(N)c2-c2ccccc2Br)CCCCC1. The monoisotopic (exact) mass is 334 g/mol. The van der Waals surface area contributed by atoms with Gasteiger partial charge < -0.3 is 10.3 Å². The molecule has 0 bridgehead atoms. The molecule has 1 aromatic heterocycles. The van der Waals surface area contributed by atoms with Crippen molar-refractivity contribution >= 4 is 21.8 Å². The van der Waals surface area contributed by atoms with Gasteiger partial charge in [-0.3, -0.25) is 0 Å². The first-order valence-corrected chi connectivity index (χ1v) is 7.92. The van der Waals surface area contributed by atoms with Gasteiger partial charge in [0.25, 0.3) is 0 Å². The predicted molar refractivity (Wildman–Crippen MR) is 84.5 cm³/mol. The number of nitrogens with two attached hydrogens (primary N) is 1. The summed E-state index contributed by atoms with van der Waals surface area (Å²) < 4.78 is 6.35. The number of benzene rings is 1. The highest BCUT2D eigenvalue weighted by Crippen LogP contribution is 2.45. The maximum absolute atomic E-state index is 6.06. The predicted octanol–water partition coefficient (Wildman–Crippen LogP) is 4.91. The highest BCUT2D eigenvalue weighted by Gasteiger charge is 2.36. The molecular weight excluding hydrogens is 316 g/mol. The van der Waals surface area contributed by atoms with Crippen molar-refractivity contribution in [2.75, 3.05) is 5.73 Å². The molecule has 4 heteroatoms. The molecule has 0 spiro atoms. The molecule has 0 aliphatic heterocycles. The van der Waals surface area contributed by atoms with Gasteiger partial charge in [0.05, 0.1) is 11.3 Å². The van der Waals surface area contributed by atoms with Crippen LogP contribution >= 0.6 is 15.9 Å². The summed E-state index contributed by atoms with van der Waals surface area (Å²) in [6, 6.07) is 8.09. The van der Waals surface area contributed by atoms with E-state index in [1.807, 2.05) is 18.2 Å². The van der Waals surface area contributed by atoms with Crippen LogP contribution in [0.5, 0.6) is 0 Å². The van der Waals surface area contributed by atoms with Gasteiger partial charge in [-0.25, -0.2) is 0 Å². The maximum atomic E-state index is 6.06. The van der Waals surface area contributed by atoms with E-state index in [9.17, 15) is 0 Å². The van der Waals surface area contributed by atoms with Gasteiger partial charge >= 0.3 is 0 Å². The molecule has 106 valence electrons. The van der Waals surface area contributed by atoms with Crippen molar-refractivity contribution in [2.24, 2.45) is 0 Å². The van der Waals surface area contributed by atoms with E-state index < -0.39 is 0 Å². The number of rotatable bonds is 2. The number of hydrogen-bond donors (Lipinski definition) is 1. The lowest BCUT2D eigenvalue weighted by Crippen LogP contribution is -2.26. The molecule has 1 aromatic carbocycles. The summed E-state index contributed by atoms with van der Waals surface area (Å²) in [5.74, 6) is 0.415. The molecule has 1 heterocycles. The van der Waals surface area contributed by atoms with Crippen LogP contribution in [0.3, 0.4) is 0 Å². The van der Waals surface area contributed by atoms with Crippen molar-refractivity contribution in [3.63, 3.8) is 0 Å². The van der Waals surface area contributed by atoms with Crippen molar-refractivity contribution in [3.05, 3.63) is 34.4 Å². The summed E-state index contributed by atoms with van der Waals surface area (Å²) in [7, 11) is 0. The average molecular weight is 335 g/mol. The van der Waals surface area contributed by atoms with Crippen LogP contribution in [-0.2, 0) is 5.41 Å². The first-order chi connectivity index (χ1) is 9.62. The third-order valence-electron chi connectivity index (χ3n) is 4.39. The summed E-state index contributed by atoms with van der Waals surface area (Å²) in [5.41, 5.74) is 9.17. The molecule has 0 radical (unpaired) electrons. The Hall–Kier alpha value is -1.29. The van der Waals surface area contributed by atoms with Crippen molar-refractivity contribution in [1.82, 2.24) is 5.16 Å². The summed E-state index contributed by atoms with van der Waals surface area (Å²) in [6.07, 6.45) is 6.11. The Bertz CT molecular complexity index is 615. The van der Waals surface area contributed by atoms with Gasteiger partial charge in [0.2, 0.25) is 5.88 Å². The summed E-state index contributed by atoms with van der Waals surface area (Å²) >= 11 is 3.60. The number of nitrogen functional groups attached to an aromatic ring is 1. The van der Waals surface area contributed by atoms with Crippen molar-refractivity contribution in [3.8, 4) is 11.1 Å². The molecule has 1 saturated carbocycles. The first kappa shape index (κ1) is 13.7. The second-order valence-corrected chi connectivity index (χ2v) is 6.73. The standard InChI is InChI=1S/C16H19BrN2O/c1-16(9-5-2-6-10-16)14-13(15(18)20-19-14)11-7-3-4-8-12(11)17/h3-4,7-8H,2,5-6,9-10,18H2,1H3. The van der Waals surface area contributed by atoms with Gasteiger partial charge in [-0.15, -0.1) is 0 Å². The zero-order chi connectivity index (χ0) is 14.2. The van der Waals surface area contributed by atoms with E-state index in [4.69, 9.17) is 10.3 Å². The molecule has 1 aliphatic carbocycles. The van der Waals surface area contributed by atoms with E-state index >= 15 is 0 Å². The molecule has 3 nitrogen and oxygen atoms in total. The average Bonchev–Trinajstić information content (AvgIpc) is 2.83. The highest BCUT2D eigenvalue weighted by molar-refractivity contribution is 9.10. The van der Waals surface area contributed by atoms with Gasteiger partial charge in [-0.1, -0.05) is 65.5 Å². The minimum absolute atomic E-state index is 0.0734. The van der Waals surface area contributed by atoms with E-state index in [1.165, 1.54) is 19.3 Å². The smallest absolute Gasteiger partial charge is 0.230 e. The fraction of sp³-hybridized carbons (Fsp3) is 0.438. The van der Waals surface area contributed by atoms with Crippen LogP contribution in [-0.4, -0.2) is 5.16 Å². The molecule has 2 aromatic rings. The Morgan fingerprint density at radius 2 is 1.90 bits per heavy atom. The number of halogens is 1. The lowest BCUT2D eigenvalue weighted by Gasteiger charge is -2.32. The lowest BCUT2D eigenvalue weighted by molar-refractivity contribution is 0.295. The minimum Gasteiger partial charge on any atom is -0.367 e. The van der Waals surface area contributed by atoms with Crippen LogP contribution in [0.4, 0.5) is 5.88 Å². The molecule has 0 unspecified atom stereocenters. The molecule has 1 fully saturated rings. The van der Waals surface area contributed by atoms with Crippen molar-refractivity contribution < 1.29 is 4.52 Å². The number of aromatic nitrogens is 1. The van der Waals surface area contributed by atoms with Crippen LogP contribution < -0.4 is 5.73 Å². The quantitative estimate of drug-likeness (QED) is 0.848. The Kier molecular flexibility index (Phi) is 3.59. The van der Waals surface area contributed by atoms with Crippen molar-refractivity contribution in [2.45, 2.75) is 44.4 Å². The normalized spacial score (nSPS) is 18.1. The molecule has 3 rings (SSSR count). The van der Waals surface area contributed by atoms with Gasteiger partial charge in [-0.2, -0.15) is 0 Å². The summed E-state index contributed by atoms with van der Waals surface area (Å²) in [4.78, 5) is 0. The summed E-state index contributed by atoms with van der Waals surface area (Å²) in [5, 5.41) is 4.31. The fourth-order valence-electron chi connectivity index (χ4n) is 3.21. The zero-order valence-corrected chi connectivity index (χ0v) is 13.2. The molecule has 2 N–H and O–H groups in total. The van der Waals surface area contributed by atoms with Crippen molar-refractivity contribution in [1.29, 1.82) is 0 Å². The van der Waals surface area contributed by atoms with Crippen LogP contribution in [0.2, 0.25) is 0 Å². The number of nitrogens with zero attached hydrogens (tertiary/aromatic N) is 1. The molecule has 20 heavy (non-hydrogen) atoms. The number of anilines is 1. The molecule has 0 atom stereocenters. The van der Waals surface area contributed by atoms with Crippen LogP contribution in [0.15, 0.2) is 33.3 Å². The molecule has 0 amide bonds. The summed E-state index contributed by atoms with van der Waals surface area (Å²) in [6.45, 7) is 2.28. The van der Waals surface area contributed by atoms with Gasteiger partial charge in [0.1, 0.15) is 0 Å². The lowest BCUT2D eigenvalue weighted by atomic mass is 9.72. The third kappa shape index (κ3) is 2.26. The van der Waals surface area contributed by atoms with E-state index in [2.05, 4.69) is 34.1 Å². The topological polar surface area (TPSA) is 52.0 Å². The molecule has 0 saturated heterocycles. The van der Waals surface area contributed by atoms with Gasteiger partial charge in [0.15, 0.2) is 0 Å². The zero-order valence-electron chi connectivity index (χ0n) is 11.7. The maximum Gasteiger partial charge on any atom is 0.230 e. The molecular formula is C16H19BrN2O. The molecule has 1 aliphatic rings. The second-order valence-electron chi connectivity index (χ2n) is 5.87. The second kappa shape index (κ2) is 5.24. The third-order valence-corrected chi connectivity index (χ3v) is 5.08. The van der Waals surface area contributed by atoms with Gasteiger partial charge in [-0.05, 0) is 18.9 Å². The van der Waals surface area contributed by atoms with E-state index in [-0.39, 0.29) is 5.41 Å². The van der Waals surface area contributed by atoms with Crippen LogP contribution in [0.1, 0.15) is 44.7 Å². The Balaban J connectivity index is 2.13.